The van der Waals surface area contributed by atoms with Crippen molar-refractivity contribution in [1.82, 2.24) is 0 Å². The number of fused-ring (bicyclic) bond motifs is 3. The number of carbonyl (C=O) groups excluding carboxylic acids is 1. The fraction of sp³-hybridized carbons (Fsp3) is 0.312. The summed E-state index contributed by atoms with van der Waals surface area (Å²) in [5.41, 5.74) is 2.86. The number of benzene rings is 1. The maximum absolute atomic E-state index is 12.7. The maximum Gasteiger partial charge on any atom is 0.176 e. The molecule has 2 aliphatic carbocycles. The zero-order chi connectivity index (χ0) is 13.9. The molecule has 1 nitrogen and oxygen atoms in total. The van der Waals surface area contributed by atoms with Crippen LogP contribution < -0.4 is 0 Å². The van der Waals surface area contributed by atoms with Gasteiger partial charge in [-0.15, -0.1) is 11.3 Å². The minimum atomic E-state index is 0.205. The van der Waals surface area contributed by atoms with Crippen LogP contribution in [0.4, 0.5) is 0 Å². The third-order valence-electron chi connectivity index (χ3n) is 4.52. The first-order valence-corrected chi connectivity index (χ1v) is 9.14. The lowest BCUT2D eigenvalue weighted by molar-refractivity contribution is 0.0963. The minimum absolute atomic E-state index is 0.205. The number of halogens is 2. The van der Waals surface area contributed by atoms with Crippen molar-refractivity contribution < 1.29 is 4.79 Å². The van der Waals surface area contributed by atoms with E-state index in [1.165, 1.54) is 22.5 Å². The van der Waals surface area contributed by atoms with Crippen molar-refractivity contribution in [3.05, 3.63) is 54.6 Å². The van der Waals surface area contributed by atoms with Crippen LogP contribution >= 0.6 is 43.2 Å². The Labute approximate surface area is 138 Å². The summed E-state index contributed by atoms with van der Waals surface area (Å²) < 4.78 is 1.99. The van der Waals surface area contributed by atoms with E-state index in [0.717, 1.165) is 26.0 Å². The Hall–Kier alpha value is -0.450. The molecule has 1 fully saturated rings. The first-order valence-electron chi connectivity index (χ1n) is 6.73. The minimum Gasteiger partial charge on any atom is -0.293 e. The van der Waals surface area contributed by atoms with Crippen LogP contribution in [0.15, 0.2) is 38.6 Å². The molecule has 0 spiro atoms. The number of ketones is 1. The fourth-order valence-electron chi connectivity index (χ4n) is 3.56. The standard InChI is InChI=1S/C16H12Br2OS/c17-11-7-12(20-16(11)18)15(19)14-10-6-5-8-3-1-2-4-9(8)13(10)14/h1-4,7,10,13-14H,5-6H2. The van der Waals surface area contributed by atoms with Crippen LogP contribution in [0.25, 0.3) is 0 Å². The highest BCUT2D eigenvalue weighted by Gasteiger charge is 2.57. The molecule has 0 N–H and O–H groups in total. The number of hydrogen-bond acceptors (Lipinski definition) is 2. The van der Waals surface area contributed by atoms with Gasteiger partial charge in [0.1, 0.15) is 0 Å². The quantitative estimate of drug-likeness (QED) is 0.602. The highest BCUT2D eigenvalue weighted by atomic mass is 79.9. The van der Waals surface area contributed by atoms with Gasteiger partial charge < -0.3 is 0 Å². The van der Waals surface area contributed by atoms with Gasteiger partial charge in [-0.3, -0.25) is 4.79 Å². The predicted octanol–water partition coefficient (Wildman–Crippen LogP) is 5.43. The van der Waals surface area contributed by atoms with Crippen molar-refractivity contribution in [2.75, 3.05) is 0 Å². The molecule has 1 aromatic carbocycles. The molecule has 1 saturated carbocycles. The van der Waals surface area contributed by atoms with Crippen LogP contribution in [0.1, 0.15) is 33.1 Å². The van der Waals surface area contributed by atoms with Gasteiger partial charge >= 0.3 is 0 Å². The van der Waals surface area contributed by atoms with Crippen LogP contribution in [0.2, 0.25) is 0 Å². The van der Waals surface area contributed by atoms with E-state index in [1.54, 1.807) is 0 Å². The summed E-state index contributed by atoms with van der Waals surface area (Å²) in [6.45, 7) is 0. The Morgan fingerprint density at radius 2 is 2.05 bits per heavy atom. The number of aryl methyl sites for hydroxylation is 1. The maximum atomic E-state index is 12.7. The first-order chi connectivity index (χ1) is 9.66. The number of hydrogen-bond donors (Lipinski definition) is 0. The zero-order valence-corrected chi connectivity index (χ0v) is 14.6. The van der Waals surface area contributed by atoms with Gasteiger partial charge in [0, 0.05) is 10.4 Å². The second-order valence-corrected chi connectivity index (χ2v) is 8.77. The van der Waals surface area contributed by atoms with E-state index in [9.17, 15) is 4.79 Å². The van der Waals surface area contributed by atoms with E-state index >= 15 is 0 Å². The van der Waals surface area contributed by atoms with E-state index in [1.807, 2.05) is 6.07 Å². The molecular formula is C16H12Br2OS. The predicted molar refractivity (Wildman–Crippen MR) is 88.5 cm³/mol. The van der Waals surface area contributed by atoms with Crippen LogP contribution in [0.3, 0.4) is 0 Å². The van der Waals surface area contributed by atoms with E-state index in [0.29, 0.717) is 17.6 Å². The van der Waals surface area contributed by atoms with Crippen molar-refractivity contribution in [3.8, 4) is 0 Å². The lowest BCUT2D eigenvalue weighted by atomic mass is 9.92. The van der Waals surface area contributed by atoms with Crippen molar-refractivity contribution in [2.24, 2.45) is 11.8 Å². The molecule has 0 aliphatic heterocycles. The molecule has 102 valence electrons. The van der Waals surface area contributed by atoms with Crippen LogP contribution in [0, 0.1) is 11.8 Å². The fourth-order valence-corrected chi connectivity index (χ4v) is 5.58. The summed E-state index contributed by atoms with van der Waals surface area (Å²) >= 11 is 8.48. The van der Waals surface area contributed by atoms with Crippen LogP contribution in [-0.2, 0) is 6.42 Å². The molecular weight excluding hydrogens is 400 g/mol. The van der Waals surface area contributed by atoms with Gasteiger partial charge in [0.15, 0.2) is 5.78 Å². The highest BCUT2D eigenvalue weighted by molar-refractivity contribution is 9.13. The van der Waals surface area contributed by atoms with Gasteiger partial charge in [0.2, 0.25) is 0 Å². The topological polar surface area (TPSA) is 17.1 Å². The Balaban J connectivity index is 1.65. The van der Waals surface area contributed by atoms with Crippen molar-refractivity contribution in [2.45, 2.75) is 18.8 Å². The third-order valence-corrected chi connectivity index (χ3v) is 7.79. The molecule has 4 rings (SSSR count). The summed E-state index contributed by atoms with van der Waals surface area (Å²) in [7, 11) is 0. The van der Waals surface area contributed by atoms with Gasteiger partial charge in [-0.1, -0.05) is 24.3 Å². The second kappa shape index (κ2) is 4.79. The monoisotopic (exact) mass is 410 g/mol. The van der Waals surface area contributed by atoms with E-state index in [2.05, 4.69) is 56.1 Å². The molecule has 20 heavy (non-hydrogen) atoms. The molecule has 0 saturated heterocycles. The SMILES string of the molecule is O=C(c1cc(Br)c(Br)s1)C1C2CCc3ccccc3C21. The summed E-state index contributed by atoms with van der Waals surface area (Å²) in [6, 6.07) is 10.6. The largest absolute Gasteiger partial charge is 0.293 e. The highest BCUT2D eigenvalue weighted by Crippen LogP contribution is 2.61. The van der Waals surface area contributed by atoms with E-state index in [4.69, 9.17) is 0 Å². The number of Topliss-reactive ketones (excluding diaryl/α,β-unsaturated/α-hetero) is 1. The molecule has 2 aliphatic rings. The van der Waals surface area contributed by atoms with Crippen LogP contribution in [0.5, 0.6) is 0 Å². The molecule has 3 atom stereocenters. The van der Waals surface area contributed by atoms with Crippen LogP contribution in [-0.4, -0.2) is 5.78 Å². The number of carbonyl (C=O) groups is 1. The lowest BCUT2D eigenvalue weighted by Crippen LogP contribution is -2.01. The Morgan fingerprint density at radius 3 is 2.80 bits per heavy atom. The normalized spacial score (nSPS) is 26.8. The second-order valence-electron chi connectivity index (χ2n) is 5.55. The molecule has 0 radical (unpaired) electrons. The van der Waals surface area contributed by atoms with Crippen molar-refractivity contribution in [1.29, 1.82) is 0 Å². The summed E-state index contributed by atoms with van der Waals surface area (Å²) in [5.74, 6) is 1.56. The van der Waals surface area contributed by atoms with E-state index < -0.39 is 0 Å². The number of rotatable bonds is 2. The number of thiophene rings is 1. The molecule has 1 heterocycles. The smallest absolute Gasteiger partial charge is 0.176 e. The van der Waals surface area contributed by atoms with Gasteiger partial charge in [-0.25, -0.2) is 0 Å². The summed E-state index contributed by atoms with van der Waals surface area (Å²) in [6.07, 6.45) is 2.28. The zero-order valence-electron chi connectivity index (χ0n) is 10.6. The van der Waals surface area contributed by atoms with Gasteiger partial charge in [0.05, 0.1) is 8.66 Å². The van der Waals surface area contributed by atoms with Gasteiger partial charge in [-0.05, 0) is 73.7 Å². The molecule has 2 aromatic rings. The Morgan fingerprint density at radius 1 is 1.25 bits per heavy atom. The summed E-state index contributed by atoms with van der Waals surface area (Å²) in [5, 5.41) is 0. The summed E-state index contributed by atoms with van der Waals surface area (Å²) in [4.78, 5) is 13.6. The Bertz CT molecular complexity index is 687. The first kappa shape index (κ1) is 13.2. The average Bonchev–Trinajstić information content (AvgIpc) is 3.11. The molecule has 4 heteroatoms. The molecule has 0 bridgehead atoms. The third kappa shape index (κ3) is 1.96. The molecule has 0 amide bonds. The van der Waals surface area contributed by atoms with Gasteiger partial charge in [0.25, 0.3) is 0 Å². The van der Waals surface area contributed by atoms with E-state index in [-0.39, 0.29) is 5.92 Å². The van der Waals surface area contributed by atoms with Crippen molar-refractivity contribution >= 4 is 49.0 Å². The molecule has 1 aromatic heterocycles. The average molecular weight is 412 g/mol. The molecule has 3 unspecified atom stereocenters. The van der Waals surface area contributed by atoms with Gasteiger partial charge in [-0.2, -0.15) is 0 Å². The lowest BCUT2D eigenvalue weighted by Gasteiger charge is -2.13. The Kier molecular flexibility index (Phi) is 3.17. The van der Waals surface area contributed by atoms with Crippen molar-refractivity contribution in [3.63, 3.8) is 0 Å².